The van der Waals surface area contributed by atoms with Crippen LogP contribution in [0, 0.1) is 0 Å². The van der Waals surface area contributed by atoms with Crippen molar-refractivity contribution in [2.24, 2.45) is 0 Å². The molecule has 6 heteroatoms. The molecule has 0 heterocycles. The zero-order valence-corrected chi connectivity index (χ0v) is 11.8. The molecule has 0 bridgehead atoms. The van der Waals surface area contributed by atoms with Crippen LogP contribution in [0.3, 0.4) is 0 Å². The molecule has 1 saturated carbocycles. The van der Waals surface area contributed by atoms with E-state index in [2.05, 4.69) is 10.6 Å². The normalized spacial score (nSPS) is 16.4. The topological polar surface area (TPSA) is 98.7 Å². The van der Waals surface area contributed by atoms with Crippen molar-refractivity contribution in [1.82, 2.24) is 10.6 Å². The molecule has 2 amide bonds. The van der Waals surface area contributed by atoms with Crippen LogP contribution in [0.1, 0.15) is 41.6 Å². The maximum absolute atomic E-state index is 11.9. The van der Waals surface area contributed by atoms with Crippen LogP contribution in [-0.2, 0) is 6.54 Å². The van der Waals surface area contributed by atoms with Crippen LogP contribution in [0.2, 0.25) is 0 Å². The summed E-state index contributed by atoms with van der Waals surface area (Å²) in [6, 6.07) is 6.03. The predicted molar refractivity (Wildman–Crippen MR) is 77.1 cm³/mol. The van der Waals surface area contributed by atoms with Gasteiger partial charge < -0.3 is 20.8 Å². The molecule has 0 atom stereocenters. The number of carboxylic acids is 1. The molecule has 1 aliphatic carbocycles. The number of carbonyl (C=O) groups is 2. The second kappa shape index (κ2) is 6.58. The number of carbonyl (C=O) groups excluding carboxylic acids is 1. The Hall–Kier alpha value is -2.08. The van der Waals surface area contributed by atoms with Crippen molar-refractivity contribution < 1.29 is 19.8 Å². The van der Waals surface area contributed by atoms with E-state index in [1.807, 2.05) is 0 Å². The van der Waals surface area contributed by atoms with Crippen molar-refractivity contribution in [3.05, 3.63) is 35.4 Å². The number of aromatic carboxylic acids is 1. The van der Waals surface area contributed by atoms with Crippen LogP contribution in [0.15, 0.2) is 24.3 Å². The van der Waals surface area contributed by atoms with E-state index in [4.69, 9.17) is 5.11 Å². The van der Waals surface area contributed by atoms with Crippen molar-refractivity contribution in [1.29, 1.82) is 0 Å². The van der Waals surface area contributed by atoms with Crippen molar-refractivity contribution in [3.63, 3.8) is 0 Å². The van der Waals surface area contributed by atoms with Crippen LogP contribution >= 0.6 is 0 Å². The first-order valence-electron chi connectivity index (χ1n) is 7.04. The SMILES string of the molecule is O=C(NCc1ccc(C(=O)O)cc1)NC1(CO)CCCC1. The van der Waals surface area contributed by atoms with Crippen LogP contribution in [0.4, 0.5) is 4.79 Å². The lowest BCUT2D eigenvalue weighted by Gasteiger charge is -2.28. The minimum absolute atomic E-state index is 0.0479. The number of benzene rings is 1. The summed E-state index contributed by atoms with van der Waals surface area (Å²) < 4.78 is 0. The summed E-state index contributed by atoms with van der Waals surface area (Å²) in [6.07, 6.45) is 3.61. The van der Waals surface area contributed by atoms with Gasteiger partial charge in [0.15, 0.2) is 0 Å². The third kappa shape index (κ3) is 3.95. The average molecular weight is 292 g/mol. The highest BCUT2D eigenvalue weighted by molar-refractivity contribution is 5.87. The van der Waals surface area contributed by atoms with Crippen molar-refractivity contribution in [2.45, 2.75) is 37.8 Å². The van der Waals surface area contributed by atoms with E-state index in [-0.39, 0.29) is 18.2 Å². The van der Waals surface area contributed by atoms with Gasteiger partial charge in [0, 0.05) is 6.54 Å². The molecule has 4 N–H and O–H groups in total. The van der Waals surface area contributed by atoms with Gasteiger partial charge in [-0.15, -0.1) is 0 Å². The highest BCUT2D eigenvalue weighted by Gasteiger charge is 2.34. The van der Waals surface area contributed by atoms with Crippen LogP contribution in [0.5, 0.6) is 0 Å². The molecule has 0 saturated heterocycles. The fraction of sp³-hybridized carbons (Fsp3) is 0.467. The summed E-state index contributed by atoms with van der Waals surface area (Å²) >= 11 is 0. The van der Waals surface area contributed by atoms with E-state index in [9.17, 15) is 14.7 Å². The lowest BCUT2D eigenvalue weighted by Crippen LogP contribution is -2.52. The zero-order valence-electron chi connectivity index (χ0n) is 11.8. The summed E-state index contributed by atoms with van der Waals surface area (Å²) in [7, 11) is 0. The fourth-order valence-electron chi connectivity index (χ4n) is 2.61. The van der Waals surface area contributed by atoms with Gasteiger partial charge in [-0.1, -0.05) is 25.0 Å². The first-order chi connectivity index (χ1) is 10.0. The molecule has 2 rings (SSSR count). The minimum Gasteiger partial charge on any atom is -0.478 e. The van der Waals surface area contributed by atoms with Gasteiger partial charge in [-0.05, 0) is 30.5 Å². The third-order valence-electron chi connectivity index (χ3n) is 3.90. The lowest BCUT2D eigenvalue weighted by molar-refractivity contribution is 0.0697. The third-order valence-corrected chi connectivity index (χ3v) is 3.90. The second-order valence-corrected chi connectivity index (χ2v) is 5.46. The number of aliphatic hydroxyl groups excluding tert-OH is 1. The van der Waals surface area contributed by atoms with E-state index >= 15 is 0 Å². The standard InChI is InChI=1S/C15H20N2O4/c18-10-15(7-1-2-8-15)17-14(21)16-9-11-3-5-12(6-4-11)13(19)20/h3-6,18H,1-2,7-10H2,(H,19,20)(H2,16,17,21). The summed E-state index contributed by atoms with van der Waals surface area (Å²) in [5, 5.41) is 23.8. The Balaban J connectivity index is 1.84. The van der Waals surface area contributed by atoms with Gasteiger partial charge in [-0.2, -0.15) is 0 Å². The van der Waals surface area contributed by atoms with Crippen LogP contribution in [0.25, 0.3) is 0 Å². The van der Waals surface area contributed by atoms with Gasteiger partial charge in [-0.3, -0.25) is 0 Å². The van der Waals surface area contributed by atoms with Crippen LogP contribution < -0.4 is 10.6 Å². The van der Waals surface area contributed by atoms with Crippen LogP contribution in [-0.4, -0.2) is 34.4 Å². The molecule has 0 aromatic heterocycles. The zero-order chi connectivity index (χ0) is 15.3. The van der Waals surface area contributed by atoms with Crippen molar-refractivity contribution in [2.75, 3.05) is 6.61 Å². The Bertz CT molecular complexity index is 507. The Morgan fingerprint density at radius 3 is 2.29 bits per heavy atom. The lowest BCUT2D eigenvalue weighted by atomic mass is 9.99. The first kappa shape index (κ1) is 15.3. The van der Waals surface area contributed by atoms with Gasteiger partial charge in [0.1, 0.15) is 0 Å². The van der Waals surface area contributed by atoms with Crippen molar-refractivity contribution >= 4 is 12.0 Å². The van der Waals surface area contributed by atoms with Crippen molar-refractivity contribution in [3.8, 4) is 0 Å². The number of amides is 2. The molecule has 1 aromatic carbocycles. The number of rotatable bonds is 5. The molecule has 0 radical (unpaired) electrons. The molecule has 1 aromatic rings. The largest absolute Gasteiger partial charge is 0.478 e. The van der Waals surface area contributed by atoms with Gasteiger partial charge in [-0.25, -0.2) is 9.59 Å². The summed E-state index contributed by atoms with van der Waals surface area (Å²) in [4.78, 5) is 22.6. The maximum atomic E-state index is 11.9. The van der Waals surface area contributed by atoms with E-state index in [1.165, 1.54) is 12.1 Å². The quantitative estimate of drug-likeness (QED) is 0.660. The maximum Gasteiger partial charge on any atom is 0.335 e. The predicted octanol–water partition coefficient (Wildman–Crippen LogP) is 1.49. The van der Waals surface area contributed by atoms with Gasteiger partial charge in [0.05, 0.1) is 17.7 Å². The number of carboxylic acid groups (broad SMARTS) is 1. The van der Waals surface area contributed by atoms with Gasteiger partial charge >= 0.3 is 12.0 Å². The summed E-state index contributed by atoms with van der Waals surface area (Å²) in [6.45, 7) is 0.265. The molecular formula is C15H20N2O4. The number of hydrogen-bond donors (Lipinski definition) is 4. The fourth-order valence-corrected chi connectivity index (χ4v) is 2.61. The molecule has 0 aliphatic heterocycles. The Labute approximate surface area is 123 Å². The Morgan fingerprint density at radius 2 is 1.76 bits per heavy atom. The number of hydrogen-bond acceptors (Lipinski definition) is 3. The molecule has 1 aliphatic rings. The highest BCUT2D eigenvalue weighted by atomic mass is 16.4. The smallest absolute Gasteiger partial charge is 0.335 e. The minimum atomic E-state index is -0.974. The molecule has 0 spiro atoms. The molecule has 114 valence electrons. The van der Waals surface area contributed by atoms with E-state index in [0.717, 1.165) is 31.2 Å². The van der Waals surface area contributed by atoms with E-state index in [1.54, 1.807) is 12.1 Å². The van der Waals surface area contributed by atoms with Gasteiger partial charge in [0.25, 0.3) is 0 Å². The molecule has 21 heavy (non-hydrogen) atoms. The number of aliphatic hydroxyl groups is 1. The monoisotopic (exact) mass is 292 g/mol. The Kier molecular flexibility index (Phi) is 4.80. The molecule has 0 unspecified atom stereocenters. The highest BCUT2D eigenvalue weighted by Crippen LogP contribution is 2.28. The van der Waals surface area contributed by atoms with E-state index in [0.29, 0.717) is 6.54 Å². The summed E-state index contributed by atoms with van der Waals surface area (Å²) in [5.74, 6) is -0.974. The number of nitrogens with one attached hydrogen (secondary N) is 2. The molecule has 6 nitrogen and oxygen atoms in total. The Morgan fingerprint density at radius 1 is 1.14 bits per heavy atom. The molecular weight excluding hydrogens is 272 g/mol. The second-order valence-electron chi connectivity index (χ2n) is 5.46. The first-order valence-corrected chi connectivity index (χ1v) is 7.04. The van der Waals surface area contributed by atoms with E-state index < -0.39 is 11.5 Å². The molecule has 1 fully saturated rings. The number of urea groups is 1. The average Bonchev–Trinajstić information content (AvgIpc) is 2.94. The summed E-state index contributed by atoms with van der Waals surface area (Å²) in [5.41, 5.74) is 0.546. The van der Waals surface area contributed by atoms with Gasteiger partial charge in [0.2, 0.25) is 0 Å².